The minimum absolute atomic E-state index is 0.212. The topological polar surface area (TPSA) is 36.0 Å². The van der Waals surface area contributed by atoms with E-state index in [1.54, 1.807) is 4.90 Å². The number of carbonyl (C=O) groups excluding carboxylic acids is 1. The molecule has 0 bridgehead atoms. The molecule has 2 aliphatic heterocycles. The SMILES string of the molecule is CC(C)(C)OC(=O)N1CCN(c2ccc(N3CCCC3)cc2Br)CC1. The lowest BCUT2D eigenvalue weighted by molar-refractivity contribution is 0.0240. The molecule has 0 aromatic heterocycles. The summed E-state index contributed by atoms with van der Waals surface area (Å²) in [6, 6.07) is 6.63. The quantitative estimate of drug-likeness (QED) is 0.736. The second kappa shape index (κ2) is 7.44. The van der Waals surface area contributed by atoms with Gasteiger partial charge in [-0.15, -0.1) is 0 Å². The highest BCUT2D eigenvalue weighted by molar-refractivity contribution is 9.10. The average molecular weight is 410 g/mol. The maximum absolute atomic E-state index is 12.2. The van der Waals surface area contributed by atoms with Gasteiger partial charge in [0.15, 0.2) is 0 Å². The van der Waals surface area contributed by atoms with Crippen molar-refractivity contribution in [3.63, 3.8) is 0 Å². The van der Waals surface area contributed by atoms with Crippen LogP contribution in [0.15, 0.2) is 22.7 Å². The van der Waals surface area contributed by atoms with Crippen LogP contribution < -0.4 is 9.80 Å². The molecule has 2 fully saturated rings. The minimum atomic E-state index is -0.442. The van der Waals surface area contributed by atoms with Crippen molar-refractivity contribution < 1.29 is 9.53 Å². The standard InChI is InChI=1S/C19H28BrN3O2/c1-19(2,3)25-18(24)23-12-10-22(11-13-23)17-7-6-15(14-16(17)20)21-8-4-5-9-21/h6-7,14H,4-5,8-13H2,1-3H3. The van der Waals surface area contributed by atoms with Crippen molar-refractivity contribution in [2.45, 2.75) is 39.2 Å². The molecule has 3 rings (SSSR count). The Labute approximate surface area is 159 Å². The summed E-state index contributed by atoms with van der Waals surface area (Å²) in [6.45, 7) is 11.0. The summed E-state index contributed by atoms with van der Waals surface area (Å²) in [5.41, 5.74) is 2.05. The Morgan fingerprint density at radius 3 is 2.20 bits per heavy atom. The monoisotopic (exact) mass is 409 g/mol. The number of hydrogen-bond donors (Lipinski definition) is 0. The molecule has 0 radical (unpaired) electrons. The Morgan fingerprint density at radius 2 is 1.64 bits per heavy atom. The number of piperazine rings is 1. The zero-order valence-electron chi connectivity index (χ0n) is 15.4. The van der Waals surface area contributed by atoms with Crippen molar-refractivity contribution in [2.75, 3.05) is 49.1 Å². The maximum Gasteiger partial charge on any atom is 0.410 e. The van der Waals surface area contributed by atoms with E-state index in [0.29, 0.717) is 13.1 Å². The summed E-state index contributed by atoms with van der Waals surface area (Å²) < 4.78 is 6.60. The molecular formula is C19H28BrN3O2. The zero-order chi connectivity index (χ0) is 18.0. The van der Waals surface area contributed by atoms with Crippen LogP contribution in [0.5, 0.6) is 0 Å². The fourth-order valence-electron chi connectivity index (χ4n) is 3.38. The molecule has 2 aliphatic rings. The van der Waals surface area contributed by atoms with Gasteiger partial charge in [0.2, 0.25) is 0 Å². The number of anilines is 2. The van der Waals surface area contributed by atoms with E-state index in [-0.39, 0.29) is 6.09 Å². The molecule has 25 heavy (non-hydrogen) atoms. The molecular weight excluding hydrogens is 382 g/mol. The Kier molecular flexibility index (Phi) is 5.46. The first-order chi connectivity index (χ1) is 11.8. The average Bonchev–Trinajstić information content (AvgIpc) is 3.08. The Hall–Kier alpha value is -1.43. The molecule has 1 aromatic carbocycles. The molecule has 138 valence electrons. The molecule has 0 saturated carbocycles. The van der Waals surface area contributed by atoms with Crippen molar-refractivity contribution >= 4 is 33.4 Å². The summed E-state index contributed by atoms with van der Waals surface area (Å²) in [5.74, 6) is 0. The molecule has 2 saturated heterocycles. The summed E-state index contributed by atoms with van der Waals surface area (Å²) in [5, 5.41) is 0. The third-order valence-corrected chi connectivity index (χ3v) is 5.31. The van der Waals surface area contributed by atoms with E-state index >= 15 is 0 Å². The summed E-state index contributed by atoms with van der Waals surface area (Å²) >= 11 is 3.74. The zero-order valence-corrected chi connectivity index (χ0v) is 17.0. The normalized spacial score (nSPS) is 18.6. The van der Waals surface area contributed by atoms with Crippen LogP contribution in [0, 0.1) is 0 Å². The van der Waals surface area contributed by atoms with E-state index < -0.39 is 5.60 Å². The highest BCUT2D eigenvalue weighted by Crippen LogP contribution is 2.32. The van der Waals surface area contributed by atoms with E-state index in [9.17, 15) is 4.79 Å². The van der Waals surface area contributed by atoms with Crippen molar-refractivity contribution in [2.24, 2.45) is 0 Å². The van der Waals surface area contributed by atoms with Crippen LogP contribution in [0.2, 0.25) is 0 Å². The number of ether oxygens (including phenoxy) is 1. The van der Waals surface area contributed by atoms with Gasteiger partial charge in [-0.3, -0.25) is 0 Å². The highest BCUT2D eigenvalue weighted by atomic mass is 79.9. The van der Waals surface area contributed by atoms with Gasteiger partial charge in [0.25, 0.3) is 0 Å². The Bertz CT molecular complexity index is 616. The molecule has 5 nitrogen and oxygen atoms in total. The first kappa shape index (κ1) is 18.4. The van der Waals surface area contributed by atoms with Gasteiger partial charge in [-0.2, -0.15) is 0 Å². The lowest BCUT2D eigenvalue weighted by Crippen LogP contribution is -2.50. The number of rotatable bonds is 2. The number of carbonyl (C=O) groups is 1. The van der Waals surface area contributed by atoms with E-state index in [4.69, 9.17) is 4.74 Å². The molecule has 0 atom stereocenters. The molecule has 0 aliphatic carbocycles. The summed E-state index contributed by atoms with van der Waals surface area (Å²) in [6.07, 6.45) is 2.36. The molecule has 6 heteroatoms. The van der Waals surface area contributed by atoms with E-state index in [2.05, 4.69) is 43.9 Å². The number of amides is 1. The number of hydrogen-bond acceptors (Lipinski definition) is 4. The maximum atomic E-state index is 12.2. The van der Waals surface area contributed by atoms with Gasteiger partial charge in [-0.1, -0.05) is 0 Å². The minimum Gasteiger partial charge on any atom is -0.444 e. The van der Waals surface area contributed by atoms with Crippen LogP contribution in [0.25, 0.3) is 0 Å². The van der Waals surface area contributed by atoms with Crippen LogP contribution in [0.1, 0.15) is 33.6 Å². The number of halogens is 1. The summed E-state index contributed by atoms with van der Waals surface area (Å²) in [4.78, 5) is 18.8. The van der Waals surface area contributed by atoms with Gasteiger partial charge >= 0.3 is 6.09 Å². The fraction of sp³-hybridized carbons (Fsp3) is 0.632. The third kappa shape index (κ3) is 4.60. The molecule has 1 aromatic rings. The summed E-state index contributed by atoms with van der Waals surface area (Å²) in [7, 11) is 0. The van der Waals surface area contributed by atoms with Crippen LogP contribution >= 0.6 is 15.9 Å². The van der Waals surface area contributed by atoms with Gasteiger partial charge in [-0.25, -0.2) is 4.79 Å². The van der Waals surface area contributed by atoms with Gasteiger partial charge in [0.1, 0.15) is 5.60 Å². The first-order valence-electron chi connectivity index (χ1n) is 9.11. The van der Waals surface area contributed by atoms with Gasteiger partial charge in [0.05, 0.1) is 5.69 Å². The highest BCUT2D eigenvalue weighted by Gasteiger charge is 2.26. The molecule has 2 heterocycles. The van der Waals surface area contributed by atoms with Gasteiger partial charge < -0.3 is 19.4 Å². The molecule has 0 spiro atoms. The van der Waals surface area contributed by atoms with E-state index in [0.717, 1.165) is 30.7 Å². The van der Waals surface area contributed by atoms with E-state index in [1.807, 2.05) is 20.8 Å². The molecule has 0 unspecified atom stereocenters. The lowest BCUT2D eigenvalue weighted by Gasteiger charge is -2.37. The van der Waals surface area contributed by atoms with Crippen molar-refractivity contribution in [3.8, 4) is 0 Å². The van der Waals surface area contributed by atoms with Crippen LogP contribution in [-0.2, 0) is 4.74 Å². The third-order valence-electron chi connectivity index (χ3n) is 4.67. The van der Waals surface area contributed by atoms with Gasteiger partial charge in [0, 0.05) is 49.4 Å². The largest absolute Gasteiger partial charge is 0.444 e. The van der Waals surface area contributed by atoms with Crippen molar-refractivity contribution in [1.29, 1.82) is 0 Å². The van der Waals surface area contributed by atoms with Gasteiger partial charge in [-0.05, 0) is 67.7 Å². The van der Waals surface area contributed by atoms with Crippen molar-refractivity contribution in [1.82, 2.24) is 4.90 Å². The fourth-order valence-corrected chi connectivity index (χ4v) is 4.00. The smallest absolute Gasteiger partial charge is 0.410 e. The first-order valence-corrected chi connectivity index (χ1v) is 9.90. The van der Waals surface area contributed by atoms with E-state index in [1.165, 1.54) is 24.2 Å². The lowest BCUT2D eigenvalue weighted by atomic mass is 10.2. The van der Waals surface area contributed by atoms with Crippen LogP contribution in [0.4, 0.5) is 16.2 Å². The predicted molar refractivity (Wildman–Crippen MR) is 106 cm³/mol. The number of nitrogens with zero attached hydrogens (tertiary/aromatic N) is 3. The Balaban J connectivity index is 1.60. The second-order valence-corrected chi connectivity index (χ2v) is 8.64. The Morgan fingerprint density at radius 1 is 1.00 bits per heavy atom. The predicted octanol–water partition coefficient (Wildman–Crippen LogP) is 4.11. The second-order valence-electron chi connectivity index (χ2n) is 7.78. The molecule has 0 N–H and O–H groups in total. The molecule has 1 amide bonds. The van der Waals surface area contributed by atoms with Crippen molar-refractivity contribution in [3.05, 3.63) is 22.7 Å². The van der Waals surface area contributed by atoms with Crippen LogP contribution in [0.3, 0.4) is 0 Å². The number of benzene rings is 1. The van der Waals surface area contributed by atoms with Crippen LogP contribution in [-0.4, -0.2) is 55.9 Å².